The van der Waals surface area contributed by atoms with Gasteiger partial charge in [0.15, 0.2) is 6.29 Å². The minimum absolute atomic E-state index is 0.130. The van der Waals surface area contributed by atoms with E-state index in [1.807, 2.05) is 37.3 Å². The maximum atomic E-state index is 12.1. The molecule has 2 aliphatic rings. The summed E-state index contributed by atoms with van der Waals surface area (Å²) in [6, 6.07) is 8.87. The minimum atomic E-state index is -0.756. The van der Waals surface area contributed by atoms with Gasteiger partial charge >= 0.3 is 12.1 Å². The number of carbonyl (C=O) groups is 3. The highest BCUT2D eigenvalue weighted by atomic mass is 16.7. The highest BCUT2D eigenvalue weighted by Gasteiger charge is 2.48. The number of alkyl carbamates (subject to hydrolysis) is 1. The van der Waals surface area contributed by atoms with Crippen molar-refractivity contribution in [1.29, 1.82) is 0 Å². The molecule has 0 spiro atoms. The summed E-state index contributed by atoms with van der Waals surface area (Å²) >= 11 is 0. The van der Waals surface area contributed by atoms with E-state index in [4.69, 9.17) is 18.9 Å². The first-order valence-corrected chi connectivity index (χ1v) is 10.7. The van der Waals surface area contributed by atoms with Gasteiger partial charge in [0, 0.05) is 6.61 Å². The Kier molecular flexibility index (Phi) is 8.25. The fraction of sp³-hybridized carbons (Fsp3) is 0.591. The van der Waals surface area contributed by atoms with Crippen molar-refractivity contribution in [2.24, 2.45) is 5.92 Å². The van der Waals surface area contributed by atoms with Gasteiger partial charge in [0.05, 0.1) is 18.1 Å². The van der Waals surface area contributed by atoms with Gasteiger partial charge < -0.3 is 29.6 Å². The molecule has 1 aromatic rings. The molecule has 0 radical (unpaired) electrons. The number of ether oxygens (including phenoxy) is 4. The SMILES string of the molecule is C[C@H](OC(=O)NCC(=O)OCc1ccccc1)[C@H]1NC(=O)[C@@H]1[C@@H](C)OC1CCCCO1. The largest absolute Gasteiger partial charge is 0.460 e. The van der Waals surface area contributed by atoms with E-state index >= 15 is 0 Å². The van der Waals surface area contributed by atoms with Gasteiger partial charge in [0.1, 0.15) is 19.3 Å². The van der Waals surface area contributed by atoms with Crippen molar-refractivity contribution in [2.45, 2.75) is 64.3 Å². The van der Waals surface area contributed by atoms with Crippen LogP contribution in [-0.4, -0.2) is 55.7 Å². The van der Waals surface area contributed by atoms with Gasteiger partial charge in [-0.1, -0.05) is 30.3 Å². The number of rotatable bonds is 9. The fourth-order valence-electron chi connectivity index (χ4n) is 3.69. The van der Waals surface area contributed by atoms with Crippen LogP contribution in [-0.2, 0) is 35.1 Å². The number of hydrogen-bond donors (Lipinski definition) is 2. The molecule has 9 heteroatoms. The molecule has 0 bridgehead atoms. The van der Waals surface area contributed by atoms with Crippen LogP contribution in [0.3, 0.4) is 0 Å². The van der Waals surface area contributed by atoms with Crippen LogP contribution in [0, 0.1) is 5.92 Å². The van der Waals surface area contributed by atoms with Crippen molar-refractivity contribution < 1.29 is 33.3 Å². The molecule has 2 fully saturated rings. The third kappa shape index (κ3) is 6.67. The molecular formula is C22H30N2O7. The Morgan fingerprint density at radius 2 is 1.97 bits per heavy atom. The average Bonchev–Trinajstić information content (AvgIpc) is 2.75. The third-order valence-corrected chi connectivity index (χ3v) is 5.43. The highest BCUT2D eigenvalue weighted by molar-refractivity contribution is 5.87. The van der Waals surface area contributed by atoms with Crippen molar-refractivity contribution in [3.8, 4) is 0 Å². The maximum absolute atomic E-state index is 12.1. The van der Waals surface area contributed by atoms with Gasteiger partial charge in [0.2, 0.25) is 5.91 Å². The van der Waals surface area contributed by atoms with Crippen LogP contribution in [0.15, 0.2) is 30.3 Å². The van der Waals surface area contributed by atoms with Crippen LogP contribution >= 0.6 is 0 Å². The van der Waals surface area contributed by atoms with Gasteiger partial charge in [-0.15, -0.1) is 0 Å². The van der Waals surface area contributed by atoms with E-state index in [9.17, 15) is 14.4 Å². The number of β-lactam (4-membered cyclic amide) rings is 1. The Balaban J connectivity index is 1.38. The average molecular weight is 434 g/mol. The molecule has 170 valence electrons. The molecule has 1 aromatic carbocycles. The predicted molar refractivity (Wildman–Crippen MR) is 110 cm³/mol. The lowest BCUT2D eigenvalue weighted by Crippen LogP contribution is -2.67. The maximum Gasteiger partial charge on any atom is 0.407 e. The third-order valence-electron chi connectivity index (χ3n) is 5.43. The van der Waals surface area contributed by atoms with Crippen LogP contribution in [0.5, 0.6) is 0 Å². The summed E-state index contributed by atoms with van der Waals surface area (Å²) in [4.78, 5) is 35.9. The van der Waals surface area contributed by atoms with Crippen molar-refractivity contribution >= 4 is 18.0 Å². The Morgan fingerprint density at radius 1 is 1.19 bits per heavy atom. The van der Waals surface area contributed by atoms with Crippen LogP contribution in [0.25, 0.3) is 0 Å². The molecule has 2 heterocycles. The lowest BCUT2D eigenvalue weighted by Gasteiger charge is -2.43. The molecule has 2 aliphatic heterocycles. The standard InChI is InChI=1S/C22H30N2O7/c1-14(30-18-10-6-7-11-28-18)19-20(24-21(19)26)15(2)31-22(27)23-12-17(25)29-13-16-8-4-3-5-9-16/h3-5,8-9,14-15,18-20H,6-7,10-13H2,1-2H3,(H,23,27)(H,24,26)/t14-,15+,18?,19-,20-/m1/s1. The van der Waals surface area contributed by atoms with E-state index in [1.165, 1.54) is 0 Å². The van der Waals surface area contributed by atoms with Gasteiger partial charge in [-0.2, -0.15) is 0 Å². The molecule has 0 aliphatic carbocycles. The quantitative estimate of drug-likeness (QED) is 0.451. The molecule has 9 nitrogen and oxygen atoms in total. The molecule has 5 atom stereocenters. The summed E-state index contributed by atoms with van der Waals surface area (Å²) in [5.74, 6) is -1.16. The molecule has 1 unspecified atom stereocenters. The zero-order valence-corrected chi connectivity index (χ0v) is 17.9. The molecule has 0 saturated carbocycles. The summed E-state index contributed by atoms with van der Waals surface area (Å²) in [6.45, 7) is 3.99. The van der Waals surface area contributed by atoms with Crippen molar-refractivity contribution in [3.05, 3.63) is 35.9 Å². The number of benzene rings is 1. The molecule has 2 amide bonds. The minimum Gasteiger partial charge on any atom is -0.460 e. The first-order chi connectivity index (χ1) is 14.9. The second kappa shape index (κ2) is 11.1. The van der Waals surface area contributed by atoms with E-state index in [0.29, 0.717) is 6.61 Å². The summed E-state index contributed by atoms with van der Waals surface area (Å²) in [7, 11) is 0. The first kappa shape index (κ1) is 23.0. The Morgan fingerprint density at radius 3 is 2.65 bits per heavy atom. The number of esters is 1. The Hall–Kier alpha value is -2.65. The van der Waals surface area contributed by atoms with Crippen LogP contribution in [0.1, 0.15) is 38.7 Å². The lowest BCUT2D eigenvalue weighted by molar-refractivity contribution is -0.205. The molecule has 0 aromatic heterocycles. The van der Waals surface area contributed by atoms with Gasteiger partial charge in [0.25, 0.3) is 0 Å². The second-order valence-corrected chi connectivity index (χ2v) is 7.81. The van der Waals surface area contributed by atoms with E-state index in [2.05, 4.69) is 10.6 Å². The smallest absolute Gasteiger partial charge is 0.407 e. The van der Waals surface area contributed by atoms with E-state index in [0.717, 1.165) is 24.8 Å². The van der Waals surface area contributed by atoms with Crippen molar-refractivity contribution in [1.82, 2.24) is 10.6 Å². The number of nitrogens with one attached hydrogen (secondary N) is 2. The van der Waals surface area contributed by atoms with Crippen molar-refractivity contribution in [3.63, 3.8) is 0 Å². The van der Waals surface area contributed by atoms with Crippen LogP contribution < -0.4 is 10.6 Å². The topological polar surface area (TPSA) is 112 Å². The molecule has 2 N–H and O–H groups in total. The Bertz CT molecular complexity index is 751. The summed E-state index contributed by atoms with van der Waals surface area (Å²) < 4.78 is 21.9. The predicted octanol–water partition coefficient (Wildman–Crippen LogP) is 1.89. The van der Waals surface area contributed by atoms with Crippen LogP contribution in [0.2, 0.25) is 0 Å². The molecule has 31 heavy (non-hydrogen) atoms. The Labute approximate surface area is 181 Å². The first-order valence-electron chi connectivity index (χ1n) is 10.7. The number of hydrogen-bond acceptors (Lipinski definition) is 7. The fourth-order valence-corrected chi connectivity index (χ4v) is 3.69. The lowest BCUT2D eigenvalue weighted by atomic mass is 9.83. The van der Waals surface area contributed by atoms with E-state index in [1.54, 1.807) is 6.92 Å². The normalized spacial score (nSPS) is 24.8. The highest BCUT2D eigenvalue weighted by Crippen LogP contribution is 2.28. The summed E-state index contributed by atoms with van der Waals surface area (Å²) in [6.07, 6.45) is 0.821. The van der Waals surface area contributed by atoms with E-state index < -0.39 is 24.1 Å². The van der Waals surface area contributed by atoms with Crippen LogP contribution in [0.4, 0.5) is 4.79 Å². The van der Waals surface area contributed by atoms with Gasteiger partial charge in [-0.3, -0.25) is 9.59 Å². The van der Waals surface area contributed by atoms with Crippen molar-refractivity contribution in [2.75, 3.05) is 13.2 Å². The number of carbonyl (C=O) groups excluding carboxylic acids is 3. The van der Waals surface area contributed by atoms with E-state index in [-0.39, 0.29) is 37.5 Å². The molecular weight excluding hydrogens is 404 g/mol. The molecule has 3 rings (SSSR count). The van der Waals surface area contributed by atoms with Gasteiger partial charge in [-0.25, -0.2) is 4.79 Å². The van der Waals surface area contributed by atoms with Gasteiger partial charge in [-0.05, 0) is 38.7 Å². The second-order valence-electron chi connectivity index (χ2n) is 7.81. The zero-order chi connectivity index (χ0) is 22.2. The summed E-state index contributed by atoms with van der Waals surface area (Å²) in [5, 5.41) is 5.14. The number of amides is 2. The monoisotopic (exact) mass is 434 g/mol. The zero-order valence-electron chi connectivity index (χ0n) is 17.9. The summed E-state index contributed by atoms with van der Waals surface area (Å²) in [5.41, 5.74) is 0.855. The molecule has 2 saturated heterocycles.